The smallest absolute Gasteiger partial charge is 0.220 e. The molecule has 0 spiro atoms. The summed E-state index contributed by atoms with van der Waals surface area (Å²) in [5, 5.41) is 7.60. The van der Waals surface area contributed by atoms with Crippen LogP contribution in [0.5, 0.6) is 0 Å². The van der Waals surface area contributed by atoms with Crippen LogP contribution in [0.1, 0.15) is 60.1 Å². The average molecular weight is 364 g/mol. The number of nitrogens with zero attached hydrogens (tertiary/aromatic N) is 3. The van der Waals surface area contributed by atoms with E-state index in [4.69, 9.17) is 0 Å². The monoisotopic (exact) mass is 364 g/mol. The highest BCUT2D eigenvalue weighted by molar-refractivity contribution is 5.76. The van der Waals surface area contributed by atoms with Gasteiger partial charge in [-0.1, -0.05) is 31.2 Å². The molecule has 3 aromatic rings. The lowest BCUT2D eigenvalue weighted by Crippen LogP contribution is -2.27. The molecular weight excluding hydrogens is 336 g/mol. The molecule has 1 amide bonds. The topological polar surface area (TPSA) is 59.3 Å². The Kier molecular flexibility index (Phi) is 5.59. The fourth-order valence-electron chi connectivity index (χ4n) is 3.48. The number of carbonyl (C=O) groups excluding carboxylic acids is 1. The predicted octanol–water partition coefficient (Wildman–Crippen LogP) is 4.03. The van der Waals surface area contributed by atoms with Crippen LogP contribution in [0.3, 0.4) is 0 Å². The van der Waals surface area contributed by atoms with Crippen LogP contribution < -0.4 is 5.32 Å². The normalized spacial score (nSPS) is 12.3. The highest BCUT2D eigenvalue weighted by Crippen LogP contribution is 2.18. The molecule has 0 saturated heterocycles. The second-order valence-electron chi connectivity index (χ2n) is 7.20. The molecule has 27 heavy (non-hydrogen) atoms. The minimum atomic E-state index is -0.0000276. The number of nitrogens with one attached hydrogen (secondary N) is 1. The summed E-state index contributed by atoms with van der Waals surface area (Å²) in [7, 11) is 0. The second-order valence-corrected chi connectivity index (χ2v) is 7.20. The lowest BCUT2D eigenvalue weighted by atomic mass is 10.0. The SMILES string of the molecule is CCc1ccc(C(C)NC(=O)CCc2c(C)nc3cc(C)nn3c2C)cc1. The summed E-state index contributed by atoms with van der Waals surface area (Å²) in [6.45, 7) is 10.2. The number of aryl methyl sites for hydroxylation is 4. The van der Waals surface area contributed by atoms with Crippen molar-refractivity contribution in [1.82, 2.24) is 19.9 Å². The van der Waals surface area contributed by atoms with Gasteiger partial charge in [0.15, 0.2) is 5.65 Å². The van der Waals surface area contributed by atoms with E-state index in [0.29, 0.717) is 12.8 Å². The summed E-state index contributed by atoms with van der Waals surface area (Å²) < 4.78 is 1.87. The van der Waals surface area contributed by atoms with Crippen LogP contribution in [0.4, 0.5) is 0 Å². The van der Waals surface area contributed by atoms with Crippen LogP contribution in [-0.4, -0.2) is 20.5 Å². The van der Waals surface area contributed by atoms with Crippen molar-refractivity contribution in [3.8, 4) is 0 Å². The maximum Gasteiger partial charge on any atom is 0.220 e. The fraction of sp³-hybridized carbons (Fsp3) is 0.409. The molecule has 1 aromatic carbocycles. The number of hydrogen-bond donors (Lipinski definition) is 1. The molecule has 5 nitrogen and oxygen atoms in total. The Morgan fingerprint density at radius 1 is 1.19 bits per heavy atom. The largest absolute Gasteiger partial charge is 0.350 e. The average Bonchev–Trinajstić information content (AvgIpc) is 3.02. The van der Waals surface area contributed by atoms with Crippen LogP contribution in [-0.2, 0) is 17.6 Å². The summed E-state index contributed by atoms with van der Waals surface area (Å²) in [4.78, 5) is 17.1. The second kappa shape index (κ2) is 7.91. The van der Waals surface area contributed by atoms with Gasteiger partial charge in [-0.15, -0.1) is 0 Å². The Morgan fingerprint density at radius 3 is 2.56 bits per heavy atom. The van der Waals surface area contributed by atoms with Crippen LogP contribution in [0.25, 0.3) is 5.65 Å². The van der Waals surface area contributed by atoms with Gasteiger partial charge in [0.25, 0.3) is 0 Å². The number of hydrogen-bond acceptors (Lipinski definition) is 3. The van der Waals surface area contributed by atoms with E-state index in [2.05, 4.69) is 46.6 Å². The van der Waals surface area contributed by atoms with Gasteiger partial charge in [0.2, 0.25) is 5.91 Å². The summed E-state index contributed by atoms with van der Waals surface area (Å²) >= 11 is 0. The van der Waals surface area contributed by atoms with Crippen molar-refractivity contribution in [1.29, 1.82) is 0 Å². The number of carbonyl (C=O) groups is 1. The standard InChI is InChI=1S/C22H28N4O/c1-6-18-7-9-19(10-8-18)15(3)24-22(27)12-11-20-16(4)23-21-13-14(2)25-26(21)17(20)5/h7-10,13,15H,6,11-12H2,1-5H3,(H,24,27). The van der Waals surface area contributed by atoms with E-state index in [1.807, 2.05) is 38.3 Å². The first-order chi connectivity index (χ1) is 12.9. The molecule has 0 bridgehead atoms. The molecule has 0 fully saturated rings. The molecule has 3 rings (SSSR count). The molecule has 1 atom stereocenters. The van der Waals surface area contributed by atoms with E-state index in [1.165, 1.54) is 5.56 Å². The summed E-state index contributed by atoms with van der Waals surface area (Å²) in [6, 6.07) is 10.4. The minimum Gasteiger partial charge on any atom is -0.350 e. The third-order valence-electron chi connectivity index (χ3n) is 5.15. The molecule has 2 aromatic heterocycles. The van der Waals surface area contributed by atoms with E-state index in [-0.39, 0.29) is 11.9 Å². The minimum absolute atomic E-state index is 0.0000276. The highest BCUT2D eigenvalue weighted by Gasteiger charge is 2.14. The maximum absolute atomic E-state index is 12.5. The van der Waals surface area contributed by atoms with Gasteiger partial charge in [0, 0.05) is 23.9 Å². The molecule has 1 N–H and O–H groups in total. The van der Waals surface area contributed by atoms with Gasteiger partial charge in [-0.05, 0) is 57.2 Å². The Bertz CT molecular complexity index is 957. The van der Waals surface area contributed by atoms with Crippen LogP contribution >= 0.6 is 0 Å². The van der Waals surface area contributed by atoms with Crippen molar-refractivity contribution in [2.45, 2.75) is 59.9 Å². The van der Waals surface area contributed by atoms with Gasteiger partial charge in [0.1, 0.15) is 0 Å². The first-order valence-corrected chi connectivity index (χ1v) is 9.59. The molecule has 0 saturated carbocycles. The third kappa shape index (κ3) is 4.18. The molecule has 1 unspecified atom stereocenters. The molecule has 2 heterocycles. The van der Waals surface area contributed by atoms with Gasteiger partial charge in [0.05, 0.1) is 11.7 Å². The van der Waals surface area contributed by atoms with Crippen molar-refractivity contribution in [2.24, 2.45) is 0 Å². The van der Waals surface area contributed by atoms with Gasteiger partial charge in [-0.2, -0.15) is 5.10 Å². The van der Waals surface area contributed by atoms with Crippen molar-refractivity contribution in [3.05, 3.63) is 64.1 Å². The van der Waals surface area contributed by atoms with Crippen LogP contribution in [0.15, 0.2) is 30.3 Å². The molecule has 0 aliphatic heterocycles. The summed E-state index contributed by atoms with van der Waals surface area (Å²) in [5.41, 5.74) is 7.36. The van der Waals surface area contributed by atoms with Gasteiger partial charge < -0.3 is 5.32 Å². The number of amides is 1. The lowest BCUT2D eigenvalue weighted by molar-refractivity contribution is -0.121. The zero-order valence-corrected chi connectivity index (χ0v) is 16.8. The van der Waals surface area contributed by atoms with Gasteiger partial charge in [-0.25, -0.2) is 9.50 Å². The van der Waals surface area contributed by atoms with E-state index < -0.39 is 0 Å². The van der Waals surface area contributed by atoms with E-state index in [0.717, 1.165) is 40.3 Å². The van der Waals surface area contributed by atoms with Crippen LogP contribution in [0.2, 0.25) is 0 Å². The van der Waals surface area contributed by atoms with Crippen molar-refractivity contribution >= 4 is 11.6 Å². The number of fused-ring (bicyclic) bond motifs is 1. The van der Waals surface area contributed by atoms with Gasteiger partial charge >= 0.3 is 0 Å². The predicted molar refractivity (Wildman–Crippen MR) is 108 cm³/mol. The van der Waals surface area contributed by atoms with Crippen molar-refractivity contribution in [2.75, 3.05) is 0 Å². The van der Waals surface area contributed by atoms with Crippen LogP contribution in [0, 0.1) is 20.8 Å². The Balaban J connectivity index is 1.65. The fourth-order valence-corrected chi connectivity index (χ4v) is 3.48. The third-order valence-corrected chi connectivity index (χ3v) is 5.15. The maximum atomic E-state index is 12.5. The molecule has 5 heteroatoms. The van der Waals surface area contributed by atoms with E-state index in [9.17, 15) is 4.79 Å². The number of rotatable bonds is 6. The molecule has 142 valence electrons. The zero-order chi connectivity index (χ0) is 19.6. The number of benzene rings is 1. The summed E-state index contributed by atoms with van der Waals surface area (Å²) in [5.74, 6) is 0.0533. The Hall–Kier alpha value is -2.69. The highest BCUT2D eigenvalue weighted by atomic mass is 16.1. The van der Waals surface area contributed by atoms with E-state index in [1.54, 1.807) is 0 Å². The zero-order valence-electron chi connectivity index (χ0n) is 16.8. The molecule has 0 aliphatic carbocycles. The molecule has 0 radical (unpaired) electrons. The summed E-state index contributed by atoms with van der Waals surface area (Å²) in [6.07, 6.45) is 2.12. The lowest BCUT2D eigenvalue weighted by Gasteiger charge is -2.16. The quantitative estimate of drug-likeness (QED) is 0.718. The first-order valence-electron chi connectivity index (χ1n) is 9.59. The Labute approximate surface area is 160 Å². The van der Waals surface area contributed by atoms with Crippen molar-refractivity contribution in [3.63, 3.8) is 0 Å². The molecule has 0 aliphatic rings. The van der Waals surface area contributed by atoms with Gasteiger partial charge in [-0.3, -0.25) is 4.79 Å². The number of aromatic nitrogens is 3. The Morgan fingerprint density at radius 2 is 1.89 bits per heavy atom. The van der Waals surface area contributed by atoms with Crippen molar-refractivity contribution < 1.29 is 4.79 Å². The first kappa shape index (κ1) is 19.1. The molecular formula is C22H28N4O. The van der Waals surface area contributed by atoms with E-state index >= 15 is 0 Å².